The molecule has 13 heavy (non-hydrogen) atoms. The van der Waals surface area contributed by atoms with Gasteiger partial charge in [-0.2, -0.15) is 0 Å². The minimum atomic E-state index is -0.188. The molecular formula is C9H9BrFNS. The molecular weight excluding hydrogens is 253 g/mol. The van der Waals surface area contributed by atoms with Gasteiger partial charge in [-0.25, -0.2) is 4.39 Å². The van der Waals surface area contributed by atoms with Crippen LogP contribution in [0.1, 0.15) is 10.9 Å². The Hall–Kier alpha value is -0.0600. The maximum Gasteiger partial charge on any atom is 0.137 e. The van der Waals surface area contributed by atoms with Crippen molar-refractivity contribution >= 4 is 27.7 Å². The van der Waals surface area contributed by atoms with E-state index < -0.39 is 0 Å². The molecule has 1 unspecified atom stereocenters. The van der Waals surface area contributed by atoms with Crippen LogP contribution in [0.4, 0.5) is 4.39 Å². The summed E-state index contributed by atoms with van der Waals surface area (Å²) in [5.74, 6) is 0.903. The molecule has 1 heterocycles. The number of halogens is 2. The highest BCUT2D eigenvalue weighted by Gasteiger charge is 2.20. The molecule has 0 aromatic heterocycles. The molecule has 0 aliphatic carbocycles. The molecule has 0 amide bonds. The second-order valence-electron chi connectivity index (χ2n) is 2.85. The summed E-state index contributed by atoms with van der Waals surface area (Å²) in [6.45, 7) is 0.998. The Bertz CT molecular complexity index is 312. The van der Waals surface area contributed by atoms with E-state index in [9.17, 15) is 4.39 Å². The minimum absolute atomic E-state index is 0.188. The van der Waals surface area contributed by atoms with E-state index in [2.05, 4.69) is 21.2 Å². The molecule has 1 N–H and O–H groups in total. The molecule has 1 fully saturated rings. The molecule has 1 aromatic carbocycles. The van der Waals surface area contributed by atoms with Crippen LogP contribution in [0, 0.1) is 5.82 Å². The van der Waals surface area contributed by atoms with Crippen molar-refractivity contribution in [3.05, 3.63) is 34.1 Å². The highest BCUT2D eigenvalue weighted by Crippen LogP contribution is 2.35. The van der Waals surface area contributed by atoms with E-state index in [1.165, 1.54) is 6.07 Å². The average Bonchev–Trinajstić information content (AvgIpc) is 2.62. The van der Waals surface area contributed by atoms with Gasteiger partial charge >= 0.3 is 0 Å². The Morgan fingerprint density at radius 1 is 1.54 bits per heavy atom. The van der Waals surface area contributed by atoms with E-state index in [-0.39, 0.29) is 11.2 Å². The fourth-order valence-corrected chi connectivity index (χ4v) is 3.08. The van der Waals surface area contributed by atoms with Crippen LogP contribution in [-0.4, -0.2) is 12.3 Å². The van der Waals surface area contributed by atoms with Gasteiger partial charge < -0.3 is 5.32 Å². The summed E-state index contributed by atoms with van der Waals surface area (Å²) in [6.07, 6.45) is 0. The van der Waals surface area contributed by atoms with Crippen molar-refractivity contribution in [1.82, 2.24) is 5.32 Å². The van der Waals surface area contributed by atoms with Crippen LogP contribution in [0.25, 0.3) is 0 Å². The smallest absolute Gasteiger partial charge is 0.137 e. The zero-order valence-corrected chi connectivity index (χ0v) is 9.29. The second-order valence-corrected chi connectivity index (χ2v) is 4.85. The molecule has 70 valence electrons. The molecule has 1 aromatic rings. The first-order chi connectivity index (χ1) is 6.29. The Kier molecular flexibility index (Phi) is 2.91. The molecule has 1 nitrogen and oxygen atoms in total. The van der Waals surface area contributed by atoms with Crippen LogP contribution in [-0.2, 0) is 0 Å². The van der Waals surface area contributed by atoms with Gasteiger partial charge in [-0.1, -0.05) is 12.1 Å². The third-order valence-electron chi connectivity index (χ3n) is 1.98. The third kappa shape index (κ3) is 1.90. The predicted octanol–water partition coefficient (Wildman–Crippen LogP) is 2.92. The van der Waals surface area contributed by atoms with Crippen molar-refractivity contribution in [3.8, 4) is 0 Å². The Morgan fingerprint density at radius 2 is 2.38 bits per heavy atom. The van der Waals surface area contributed by atoms with Crippen molar-refractivity contribution in [2.45, 2.75) is 5.37 Å². The number of benzene rings is 1. The van der Waals surface area contributed by atoms with E-state index >= 15 is 0 Å². The quantitative estimate of drug-likeness (QED) is 0.835. The molecule has 0 radical (unpaired) electrons. The first kappa shape index (κ1) is 9.49. The Balaban J connectivity index is 2.33. The standard InChI is InChI=1S/C9H9BrFNS/c10-8-6(2-1-3-7(8)11)9-12-4-5-13-9/h1-3,9,12H,4-5H2. The lowest BCUT2D eigenvalue weighted by molar-refractivity contribution is 0.615. The summed E-state index contributed by atoms with van der Waals surface area (Å²) in [5.41, 5.74) is 1.00. The highest BCUT2D eigenvalue weighted by atomic mass is 79.9. The molecule has 0 spiro atoms. The van der Waals surface area contributed by atoms with E-state index in [0.717, 1.165) is 17.9 Å². The van der Waals surface area contributed by atoms with Crippen LogP contribution < -0.4 is 5.32 Å². The highest BCUT2D eigenvalue weighted by molar-refractivity contribution is 9.10. The normalized spacial score (nSPS) is 22.2. The summed E-state index contributed by atoms with van der Waals surface area (Å²) in [5, 5.41) is 3.55. The van der Waals surface area contributed by atoms with E-state index in [4.69, 9.17) is 0 Å². The van der Waals surface area contributed by atoms with Crippen LogP contribution in [0.2, 0.25) is 0 Å². The van der Waals surface area contributed by atoms with Crippen molar-refractivity contribution in [2.75, 3.05) is 12.3 Å². The third-order valence-corrected chi connectivity index (χ3v) is 4.01. The summed E-state index contributed by atoms with van der Waals surface area (Å²) >= 11 is 5.07. The average molecular weight is 262 g/mol. The summed E-state index contributed by atoms with van der Waals surface area (Å²) < 4.78 is 13.7. The zero-order valence-electron chi connectivity index (χ0n) is 6.89. The lowest BCUT2D eigenvalue weighted by Crippen LogP contribution is -2.12. The van der Waals surface area contributed by atoms with Gasteiger partial charge in [0.25, 0.3) is 0 Å². The van der Waals surface area contributed by atoms with Gasteiger partial charge in [0.05, 0.1) is 9.85 Å². The minimum Gasteiger partial charge on any atom is -0.301 e. The summed E-state index contributed by atoms with van der Waals surface area (Å²) in [6, 6.07) is 5.16. The lowest BCUT2D eigenvalue weighted by atomic mass is 10.2. The number of hydrogen-bond acceptors (Lipinski definition) is 2. The van der Waals surface area contributed by atoms with Gasteiger partial charge in [0.15, 0.2) is 0 Å². The molecule has 2 rings (SSSR count). The van der Waals surface area contributed by atoms with Gasteiger partial charge in [0, 0.05) is 12.3 Å². The van der Waals surface area contributed by atoms with Gasteiger partial charge in [0.1, 0.15) is 5.82 Å². The van der Waals surface area contributed by atoms with Crippen LogP contribution in [0.5, 0.6) is 0 Å². The molecule has 0 bridgehead atoms. The molecule has 1 aliphatic rings. The van der Waals surface area contributed by atoms with E-state index in [1.54, 1.807) is 6.07 Å². The number of thioether (sulfide) groups is 1. The predicted molar refractivity (Wildman–Crippen MR) is 57.3 cm³/mol. The van der Waals surface area contributed by atoms with Crippen molar-refractivity contribution in [1.29, 1.82) is 0 Å². The largest absolute Gasteiger partial charge is 0.301 e. The van der Waals surface area contributed by atoms with E-state index in [1.807, 2.05) is 17.8 Å². The van der Waals surface area contributed by atoms with Crippen LogP contribution in [0.15, 0.2) is 22.7 Å². The SMILES string of the molecule is Fc1cccc(C2NCCS2)c1Br. The van der Waals surface area contributed by atoms with Crippen molar-refractivity contribution in [3.63, 3.8) is 0 Å². The van der Waals surface area contributed by atoms with Gasteiger partial charge in [-0.3, -0.25) is 0 Å². The summed E-state index contributed by atoms with van der Waals surface area (Å²) in [4.78, 5) is 0. The number of nitrogens with one attached hydrogen (secondary N) is 1. The molecule has 1 aliphatic heterocycles. The lowest BCUT2D eigenvalue weighted by Gasteiger charge is -2.11. The molecule has 1 saturated heterocycles. The topological polar surface area (TPSA) is 12.0 Å². The summed E-state index contributed by atoms with van der Waals surface area (Å²) in [7, 11) is 0. The van der Waals surface area contributed by atoms with Gasteiger partial charge in [0.2, 0.25) is 0 Å². The van der Waals surface area contributed by atoms with Gasteiger partial charge in [-0.15, -0.1) is 11.8 Å². The number of hydrogen-bond donors (Lipinski definition) is 1. The molecule has 4 heteroatoms. The van der Waals surface area contributed by atoms with Crippen molar-refractivity contribution in [2.24, 2.45) is 0 Å². The monoisotopic (exact) mass is 261 g/mol. The molecule has 0 saturated carbocycles. The van der Waals surface area contributed by atoms with Crippen LogP contribution >= 0.6 is 27.7 Å². The Labute approximate surface area is 89.2 Å². The van der Waals surface area contributed by atoms with Crippen molar-refractivity contribution < 1.29 is 4.39 Å². The number of rotatable bonds is 1. The molecule has 1 atom stereocenters. The maximum absolute atomic E-state index is 13.1. The first-order valence-electron chi connectivity index (χ1n) is 4.08. The maximum atomic E-state index is 13.1. The fraction of sp³-hybridized carbons (Fsp3) is 0.333. The fourth-order valence-electron chi connectivity index (χ4n) is 1.35. The second kappa shape index (κ2) is 3.98. The van der Waals surface area contributed by atoms with Crippen LogP contribution in [0.3, 0.4) is 0 Å². The zero-order chi connectivity index (χ0) is 9.26. The Morgan fingerprint density at radius 3 is 3.08 bits per heavy atom. The van der Waals surface area contributed by atoms with Gasteiger partial charge in [-0.05, 0) is 27.6 Å². The first-order valence-corrected chi connectivity index (χ1v) is 5.92. The van der Waals surface area contributed by atoms with E-state index in [0.29, 0.717) is 4.47 Å².